The van der Waals surface area contributed by atoms with Crippen molar-refractivity contribution in [3.8, 4) is 0 Å². The molecule has 3 aliphatic carbocycles. The van der Waals surface area contributed by atoms with Gasteiger partial charge in [-0.3, -0.25) is 0 Å². The number of hydrogen-bond donors (Lipinski definition) is 3. The first kappa shape index (κ1) is 16.7. The Morgan fingerprint density at radius 3 is 1.59 bits per heavy atom. The van der Waals surface area contributed by atoms with E-state index in [2.05, 4.69) is 0 Å². The topological polar surface area (TPSA) is 78.1 Å². The molecule has 0 aromatic rings. The van der Waals surface area contributed by atoms with Crippen molar-refractivity contribution in [2.45, 2.75) is 107 Å². The van der Waals surface area contributed by atoms with Gasteiger partial charge in [0.05, 0.1) is 0 Å². The Morgan fingerprint density at radius 1 is 0.682 bits per heavy atom. The maximum absolute atomic E-state index is 7.34. The predicted molar refractivity (Wildman–Crippen MR) is 93.4 cm³/mol. The van der Waals surface area contributed by atoms with Crippen molar-refractivity contribution in [3.05, 3.63) is 0 Å². The first-order valence-electron chi connectivity index (χ1n) is 9.92. The third-order valence-electron chi connectivity index (χ3n) is 7.38. The Bertz CT molecular complexity index is 340. The molecule has 3 heteroatoms. The van der Waals surface area contributed by atoms with E-state index < -0.39 is 0 Å². The Labute approximate surface area is 136 Å². The van der Waals surface area contributed by atoms with Crippen LogP contribution in [0.15, 0.2) is 0 Å². The lowest BCUT2D eigenvalue weighted by atomic mass is 9.52. The molecule has 3 saturated carbocycles. The van der Waals surface area contributed by atoms with Gasteiger partial charge in [0, 0.05) is 17.1 Å². The van der Waals surface area contributed by atoms with Crippen molar-refractivity contribution in [1.82, 2.24) is 0 Å². The minimum atomic E-state index is -0.338. The maximum atomic E-state index is 7.34. The fourth-order valence-corrected chi connectivity index (χ4v) is 6.02. The monoisotopic (exact) mass is 307 g/mol. The van der Waals surface area contributed by atoms with E-state index in [0.717, 1.165) is 12.8 Å². The lowest BCUT2D eigenvalue weighted by Gasteiger charge is -2.59. The summed E-state index contributed by atoms with van der Waals surface area (Å²) in [7, 11) is 0. The Kier molecular flexibility index (Phi) is 5.16. The van der Waals surface area contributed by atoms with Crippen LogP contribution in [0.4, 0.5) is 0 Å². The Morgan fingerprint density at radius 2 is 1.14 bits per heavy atom. The molecule has 6 N–H and O–H groups in total. The van der Waals surface area contributed by atoms with Gasteiger partial charge in [0.1, 0.15) is 0 Å². The molecule has 2 unspecified atom stereocenters. The fourth-order valence-electron chi connectivity index (χ4n) is 6.02. The molecule has 3 rings (SSSR count). The average Bonchev–Trinajstić information content (AvgIpc) is 2.58. The number of nitrogens with two attached hydrogens (primary N) is 3. The van der Waals surface area contributed by atoms with Crippen molar-refractivity contribution in [2.75, 3.05) is 0 Å². The van der Waals surface area contributed by atoms with E-state index in [-0.39, 0.29) is 17.1 Å². The summed E-state index contributed by atoms with van der Waals surface area (Å²) in [6.45, 7) is 0. The van der Waals surface area contributed by atoms with Crippen LogP contribution in [0.1, 0.15) is 89.9 Å². The molecule has 0 spiro atoms. The second kappa shape index (κ2) is 6.78. The van der Waals surface area contributed by atoms with Crippen LogP contribution in [-0.4, -0.2) is 17.1 Å². The lowest BCUT2D eigenvalue weighted by molar-refractivity contribution is 0.00194. The summed E-state index contributed by atoms with van der Waals surface area (Å²) in [4.78, 5) is 0. The standard InChI is InChI=1S/C19H37N3/c20-17-13-7-8-14-18(17,21)19(22,15-9-3-1-4-10-15)16-11-5-2-6-12-16/h15-17H,1-14,20-22H2. The molecule has 0 amide bonds. The van der Waals surface area contributed by atoms with Crippen LogP contribution >= 0.6 is 0 Å². The van der Waals surface area contributed by atoms with Gasteiger partial charge in [0.15, 0.2) is 0 Å². The Balaban J connectivity index is 1.93. The summed E-state index contributed by atoms with van der Waals surface area (Å²) in [6, 6.07) is 0.0927. The molecule has 0 aromatic heterocycles. The van der Waals surface area contributed by atoms with Gasteiger partial charge >= 0.3 is 0 Å². The second-order valence-electron chi connectivity index (χ2n) is 8.50. The quantitative estimate of drug-likeness (QED) is 0.747. The summed E-state index contributed by atoms with van der Waals surface area (Å²) < 4.78 is 0. The molecule has 128 valence electrons. The van der Waals surface area contributed by atoms with Crippen LogP contribution in [0.3, 0.4) is 0 Å². The minimum Gasteiger partial charge on any atom is -0.326 e. The van der Waals surface area contributed by atoms with E-state index in [1.807, 2.05) is 0 Å². The van der Waals surface area contributed by atoms with Crippen molar-refractivity contribution in [3.63, 3.8) is 0 Å². The first-order chi connectivity index (χ1) is 10.6. The highest BCUT2D eigenvalue weighted by atomic mass is 15.0. The molecular formula is C19H37N3. The summed E-state index contributed by atoms with van der Waals surface area (Å²) >= 11 is 0. The summed E-state index contributed by atoms with van der Waals surface area (Å²) in [6.07, 6.45) is 17.7. The molecule has 22 heavy (non-hydrogen) atoms. The third kappa shape index (κ3) is 2.74. The van der Waals surface area contributed by atoms with Crippen molar-refractivity contribution in [2.24, 2.45) is 29.0 Å². The maximum Gasteiger partial charge on any atom is 0.0495 e. The summed E-state index contributed by atoms with van der Waals surface area (Å²) in [5, 5.41) is 0. The van der Waals surface area contributed by atoms with Gasteiger partial charge < -0.3 is 17.2 Å². The summed E-state index contributed by atoms with van der Waals surface area (Å²) in [5.41, 5.74) is 20.5. The second-order valence-corrected chi connectivity index (χ2v) is 8.50. The molecule has 0 heterocycles. The van der Waals surface area contributed by atoms with Gasteiger partial charge in [-0.1, -0.05) is 51.4 Å². The minimum absolute atomic E-state index is 0.0927. The van der Waals surface area contributed by atoms with E-state index in [0.29, 0.717) is 11.8 Å². The molecular weight excluding hydrogens is 270 g/mol. The van der Waals surface area contributed by atoms with E-state index >= 15 is 0 Å². The van der Waals surface area contributed by atoms with E-state index in [4.69, 9.17) is 17.2 Å². The van der Waals surface area contributed by atoms with Gasteiger partial charge in [-0.25, -0.2) is 0 Å². The van der Waals surface area contributed by atoms with Gasteiger partial charge in [-0.15, -0.1) is 0 Å². The number of rotatable bonds is 3. The Hall–Kier alpha value is -0.120. The zero-order chi connectivity index (χ0) is 15.6. The van der Waals surface area contributed by atoms with Crippen LogP contribution in [0.2, 0.25) is 0 Å². The van der Waals surface area contributed by atoms with Crippen LogP contribution in [-0.2, 0) is 0 Å². The molecule has 2 atom stereocenters. The van der Waals surface area contributed by atoms with Gasteiger partial charge in [0.25, 0.3) is 0 Å². The number of hydrogen-bond acceptors (Lipinski definition) is 3. The van der Waals surface area contributed by atoms with Gasteiger partial charge in [-0.05, 0) is 50.4 Å². The fraction of sp³-hybridized carbons (Fsp3) is 1.00. The van der Waals surface area contributed by atoms with E-state index in [1.165, 1.54) is 77.0 Å². The molecule has 0 aliphatic heterocycles. The van der Waals surface area contributed by atoms with E-state index in [1.54, 1.807) is 0 Å². The zero-order valence-electron chi connectivity index (χ0n) is 14.4. The van der Waals surface area contributed by atoms with Crippen molar-refractivity contribution in [1.29, 1.82) is 0 Å². The summed E-state index contributed by atoms with van der Waals surface area (Å²) in [5.74, 6) is 1.19. The highest BCUT2D eigenvalue weighted by Crippen LogP contribution is 2.49. The van der Waals surface area contributed by atoms with Crippen molar-refractivity contribution < 1.29 is 0 Å². The normalized spacial score (nSPS) is 36.4. The van der Waals surface area contributed by atoms with Crippen LogP contribution in [0, 0.1) is 11.8 Å². The molecule has 3 fully saturated rings. The predicted octanol–water partition coefficient (Wildman–Crippen LogP) is 3.44. The van der Waals surface area contributed by atoms with Gasteiger partial charge in [0.2, 0.25) is 0 Å². The first-order valence-corrected chi connectivity index (χ1v) is 9.92. The average molecular weight is 308 g/mol. The molecule has 0 aromatic carbocycles. The molecule has 0 radical (unpaired) electrons. The van der Waals surface area contributed by atoms with E-state index in [9.17, 15) is 0 Å². The van der Waals surface area contributed by atoms with Crippen molar-refractivity contribution >= 4 is 0 Å². The largest absolute Gasteiger partial charge is 0.326 e. The SMILES string of the molecule is NC1CCCCC1(N)C(N)(C1CCCCC1)C1CCCCC1. The molecule has 3 nitrogen and oxygen atoms in total. The van der Waals surface area contributed by atoms with Crippen LogP contribution in [0.5, 0.6) is 0 Å². The smallest absolute Gasteiger partial charge is 0.0495 e. The van der Waals surface area contributed by atoms with Gasteiger partial charge in [-0.2, -0.15) is 0 Å². The van der Waals surface area contributed by atoms with Crippen LogP contribution < -0.4 is 17.2 Å². The van der Waals surface area contributed by atoms with Crippen LogP contribution in [0.25, 0.3) is 0 Å². The molecule has 0 saturated heterocycles. The third-order valence-corrected chi connectivity index (χ3v) is 7.38. The zero-order valence-corrected chi connectivity index (χ0v) is 14.4. The molecule has 0 bridgehead atoms. The highest BCUT2D eigenvalue weighted by Gasteiger charge is 2.57. The molecule has 3 aliphatic rings. The highest BCUT2D eigenvalue weighted by molar-refractivity contribution is 5.19. The lowest BCUT2D eigenvalue weighted by Crippen LogP contribution is -2.79.